The molecule has 0 radical (unpaired) electrons. The second-order valence-electron chi connectivity index (χ2n) is 4.34. The number of hydrogen-bond acceptors (Lipinski definition) is 2. The Labute approximate surface area is 106 Å². The standard InChI is InChI=1S/C15H26O2/c1-5-13(3)9-7-10-14(4)11-8-12-15(16)17-6-2/h9,11H,5-8,10,12H2,1-4H3/b13-9+,14-11+. The van der Waals surface area contributed by atoms with Crippen molar-refractivity contribution in [3.8, 4) is 0 Å². The van der Waals surface area contributed by atoms with Crippen LogP contribution in [0.3, 0.4) is 0 Å². The van der Waals surface area contributed by atoms with E-state index in [-0.39, 0.29) is 5.97 Å². The largest absolute Gasteiger partial charge is 0.466 e. The average molecular weight is 238 g/mol. The van der Waals surface area contributed by atoms with E-state index in [0.29, 0.717) is 13.0 Å². The van der Waals surface area contributed by atoms with Crippen molar-refractivity contribution in [3.05, 3.63) is 23.3 Å². The van der Waals surface area contributed by atoms with Crippen molar-refractivity contribution in [3.63, 3.8) is 0 Å². The van der Waals surface area contributed by atoms with E-state index in [1.54, 1.807) is 0 Å². The van der Waals surface area contributed by atoms with E-state index < -0.39 is 0 Å². The Morgan fingerprint density at radius 1 is 1.00 bits per heavy atom. The molecule has 0 spiro atoms. The predicted molar refractivity (Wildman–Crippen MR) is 72.9 cm³/mol. The Morgan fingerprint density at radius 3 is 2.18 bits per heavy atom. The summed E-state index contributed by atoms with van der Waals surface area (Å²) in [7, 11) is 0. The molecule has 0 fully saturated rings. The van der Waals surface area contributed by atoms with Crippen molar-refractivity contribution in [2.75, 3.05) is 6.61 Å². The summed E-state index contributed by atoms with van der Waals surface area (Å²) in [6.07, 6.45) is 9.04. The fourth-order valence-electron chi connectivity index (χ4n) is 1.46. The number of rotatable bonds is 8. The van der Waals surface area contributed by atoms with Crippen LogP contribution in [0.15, 0.2) is 23.3 Å². The van der Waals surface area contributed by atoms with Crippen LogP contribution in [0.2, 0.25) is 0 Å². The Balaban J connectivity index is 3.75. The zero-order chi connectivity index (χ0) is 13.1. The lowest BCUT2D eigenvalue weighted by atomic mass is 10.1. The number of carbonyl (C=O) groups is 1. The maximum absolute atomic E-state index is 11.1. The molecule has 0 heterocycles. The monoisotopic (exact) mass is 238 g/mol. The molecule has 0 saturated heterocycles. The molecular formula is C15H26O2. The lowest BCUT2D eigenvalue weighted by Gasteiger charge is -2.01. The first kappa shape index (κ1) is 16.0. The van der Waals surface area contributed by atoms with Gasteiger partial charge in [-0.25, -0.2) is 0 Å². The molecule has 0 amide bonds. The molecule has 2 heteroatoms. The quantitative estimate of drug-likeness (QED) is 0.462. The van der Waals surface area contributed by atoms with Gasteiger partial charge in [0.05, 0.1) is 6.61 Å². The molecule has 98 valence electrons. The van der Waals surface area contributed by atoms with Gasteiger partial charge in [-0.05, 0) is 46.5 Å². The van der Waals surface area contributed by atoms with Crippen LogP contribution in [0, 0.1) is 0 Å². The van der Waals surface area contributed by atoms with Gasteiger partial charge in [-0.15, -0.1) is 0 Å². The van der Waals surface area contributed by atoms with E-state index in [2.05, 4.69) is 32.9 Å². The van der Waals surface area contributed by atoms with Crippen LogP contribution < -0.4 is 0 Å². The second kappa shape index (κ2) is 10.1. The average Bonchev–Trinajstić information content (AvgIpc) is 2.29. The third kappa shape index (κ3) is 9.86. The Kier molecular flexibility index (Phi) is 9.50. The highest BCUT2D eigenvalue weighted by Gasteiger charge is 1.99. The van der Waals surface area contributed by atoms with Gasteiger partial charge in [-0.3, -0.25) is 4.79 Å². The minimum Gasteiger partial charge on any atom is -0.466 e. The summed E-state index contributed by atoms with van der Waals surface area (Å²) in [4.78, 5) is 11.1. The van der Waals surface area contributed by atoms with E-state index in [1.807, 2.05) is 6.92 Å². The van der Waals surface area contributed by atoms with Gasteiger partial charge in [0.1, 0.15) is 0 Å². The van der Waals surface area contributed by atoms with Crippen LogP contribution in [-0.2, 0) is 9.53 Å². The van der Waals surface area contributed by atoms with Gasteiger partial charge in [0.2, 0.25) is 0 Å². The molecule has 0 N–H and O–H groups in total. The second-order valence-corrected chi connectivity index (χ2v) is 4.34. The summed E-state index contributed by atoms with van der Waals surface area (Å²) in [6.45, 7) is 8.78. The highest BCUT2D eigenvalue weighted by Crippen LogP contribution is 2.10. The molecule has 0 aliphatic heterocycles. The van der Waals surface area contributed by atoms with Crippen molar-refractivity contribution in [1.82, 2.24) is 0 Å². The van der Waals surface area contributed by atoms with E-state index in [4.69, 9.17) is 4.74 Å². The first-order valence-electron chi connectivity index (χ1n) is 6.57. The van der Waals surface area contributed by atoms with E-state index in [0.717, 1.165) is 25.7 Å². The minimum atomic E-state index is -0.0988. The zero-order valence-electron chi connectivity index (χ0n) is 11.7. The lowest BCUT2D eigenvalue weighted by Crippen LogP contribution is -2.02. The first-order chi connectivity index (χ1) is 8.10. The molecule has 0 saturated carbocycles. The number of ether oxygens (including phenoxy) is 1. The van der Waals surface area contributed by atoms with Gasteiger partial charge < -0.3 is 4.74 Å². The molecule has 0 bridgehead atoms. The summed E-state index contributed by atoms with van der Waals surface area (Å²) in [5.74, 6) is -0.0988. The zero-order valence-corrected chi connectivity index (χ0v) is 11.7. The fraction of sp³-hybridized carbons (Fsp3) is 0.667. The van der Waals surface area contributed by atoms with Gasteiger partial charge in [0, 0.05) is 6.42 Å². The van der Waals surface area contributed by atoms with Crippen LogP contribution in [0.1, 0.15) is 59.8 Å². The van der Waals surface area contributed by atoms with E-state index in [1.165, 1.54) is 11.1 Å². The molecule has 0 aromatic heterocycles. The normalized spacial score (nSPS) is 12.7. The molecule has 2 nitrogen and oxygen atoms in total. The van der Waals surface area contributed by atoms with E-state index in [9.17, 15) is 4.79 Å². The van der Waals surface area contributed by atoms with Gasteiger partial charge in [0.25, 0.3) is 0 Å². The van der Waals surface area contributed by atoms with Gasteiger partial charge in [-0.2, -0.15) is 0 Å². The minimum absolute atomic E-state index is 0.0988. The summed E-state index contributed by atoms with van der Waals surface area (Å²) >= 11 is 0. The third-order valence-electron chi connectivity index (χ3n) is 2.74. The van der Waals surface area contributed by atoms with Gasteiger partial charge in [-0.1, -0.05) is 30.2 Å². The molecular weight excluding hydrogens is 212 g/mol. The van der Waals surface area contributed by atoms with Crippen molar-refractivity contribution < 1.29 is 9.53 Å². The van der Waals surface area contributed by atoms with Gasteiger partial charge in [0.15, 0.2) is 0 Å². The van der Waals surface area contributed by atoms with Crippen LogP contribution in [0.5, 0.6) is 0 Å². The van der Waals surface area contributed by atoms with Crippen LogP contribution in [0.4, 0.5) is 0 Å². The summed E-state index contributed by atoms with van der Waals surface area (Å²) in [6, 6.07) is 0. The van der Waals surface area contributed by atoms with Crippen molar-refractivity contribution >= 4 is 5.97 Å². The smallest absolute Gasteiger partial charge is 0.306 e. The SMILES string of the molecule is CCOC(=O)CC/C=C(\C)CC/C=C(\C)CC. The van der Waals surface area contributed by atoms with Crippen molar-refractivity contribution in [1.29, 1.82) is 0 Å². The van der Waals surface area contributed by atoms with Crippen molar-refractivity contribution in [2.45, 2.75) is 59.8 Å². The molecule has 0 aliphatic carbocycles. The molecule has 0 aromatic rings. The Hall–Kier alpha value is -1.05. The Bertz CT molecular complexity index is 275. The number of carbonyl (C=O) groups excluding carboxylic acids is 1. The number of esters is 1. The van der Waals surface area contributed by atoms with Gasteiger partial charge >= 0.3 is 5.97 Å². The topological polar surface area (TPSA) is 26.3 Å². The van der Waals surface area contributed by atoms with Crippen LogP contribution >= 0.6 is 0 Å². The van der Waals surface area contributed by atoms with Crippen LogP contribution in [-0.4, -0.2) is 12.6 Å². The highest BCUT2D eigenvalue weighted by atomic mass is 16.5. The fourth-order valence-corrected chi connectivity index (χ4v) is 1.46. The molecule has 0 unspecified atom stereocenters. The lowest BCUT2D eigenvalue weighted by molar-refractivity contribution is -0.142. The Morgan fingerprint density at radius 2 is 1.59 bits per heavy atom. The molecule has 0 atom stereocenters. The predicted octanol–water partition coefficient (Wildman–Crippen LogP) is 4.41. The third-order valence-corrected chi connectivity index (χ3v) is 2.74. The summed E-state index contributed by atoms with van der Waals surface area (Å²) in [5, 5.41) is 0. The highest BCUT2D eigenvalue weighted by molar-refractivity contribution is 5.69. The number of allylic oxidation sites excluding steroid dienone is 4. The van der Waals surface area contributed by atoms with E-state index >= 15 is 0 Å². The number of hydrogen-bond donors (Lipinski definition) is 0. The van der Waals surface area contributed by atoms with Crippen molar-refractivity contribution in [2.24, 2.45) is 0 Å². The summed E-state index contributed by atoms with van der Waals surface area (Å²) < 4.78 is 4.87. The molecule has 0 rings (SSSR count). The van der Waals surface area contributed by atoms with Crippen LogP contribution in [0.25, 0.3) is 0 Å². The maximum Gasteiger partial charge on any atom is 0.306 e. The molecule has 17 heavy (non-hydrogen) atoms. The molecule has 0 aliphatic rings. The first-order valence-corrected chi connectivity index (χ1v) is 6.57. The summed E-state index contributed by atoms with van der Waals surface area (Å²) in [5.41, 5.74) is 2.80. The maximum atomic E-state index is 11.1. The molecule has 0 aromatic carbocycles.